The number of rotatable bonds is 4. The zero-order valence-electron chi connectivity index (χ0n) is 11.0. The molecule has 12 heteroatoms. The van der Waals surface area contributed by atoms with E-state index in [1.54, 1.807) is 5.43 Å². The summed E-state index contributed by atoms with van der Waals surface area (Å²) in [6, 6.07) is 0. The third-order valence-corrected chi connectivity index (χ3v) is 3.32. The predicted octanol–water partition coefficient (Wildman–Crippen LogP) is -1.64. The Balaban J connectivity index is 2.02. The van der Waals surface area contributed by atoms with Gasteiger partial charge in [-0.25, -0.2) is 15.1 Å². The molecule has 1 aliphatic heterocycles. The predicted molar refractivity (Wildman–Crippen MR) is 70.4 cm³/mol. The van der Waals surface area contributed by atoms with E-state index in [1.165, 1.54) is 10.9 Å². The molecule has 0 saturated carbocycles. The monoisotopic (exact) mass is 312 g/mol. The van der Waals surface area contributed by atoms with E-state index in [0.717, 1.165) is 0 Å². The van der Waals surface area contributed by atoms with Crippen LogP contribution in [0.15, 0.2) is 11.1 Å². The van der Waals surface area contributed by atoms with Crippen LogP contribution in [0.1, 0.15) is 12.6 Å². The number of ether oxygens (including phenoxy) is 1. The summed E-state index contributed by atoms with van der Waals surface area (Å²) in [5.74, 6) is -0.346. The first kappa shape index (κ1) is 14.4. The van der Waals surface area contributed by atoms with E-state index in [2.05, 4.69) is 15.0 Å². The molecule has 2 aromatic heterocycles. The third-order valence-electron chi connectivity index (χ3n) is 3.32. The van der Waals surface area contributed by atoms with Crippen LogP contribution in [0.25, 0.3) is 11.2 Å². The fourth-order valence-electron chi connectivity index (χ4n) is 2.33. The number of aromatic amines is 1. The van der Waals surface area contributed by atoms with Gasteiger partial charge in [0.25, 0.3) is 11.5 Å². The van der Waals surface area contributed by atoms with Crippen molar-refractivity contribution in [2.45, 2.75) is 24.9 Å². The number of aromatic nitrogens is 4. The number of aliphatic hydroxyl groups is 2. The number of imidazole rings is 1. The Morgan fingerprint density at radius 2 is 2.41 bits per heavy atom. The molecule has 3 rings (SSSR count). The second kappa shape index (κ2) is 5.32. The lowest BCUT2D eigenvalue weighted by Crippen LogP contribution is -2.24. The Morgan fingerprint density at radius 1 is 1.64 bits per heavy atom. The maximum atomic E-state index is 11.8. The van der Waals surface area contributed by atoms with Crippen molar-refractivity contribution in [3.63, 3.8) is 0 Å². The Morgan fingerprint density at radius 3 is 3.05 bits per heavy atom. The lowest BCUT2D eigenvalue weighted by Gasteiger charge is -2.13. The molecule has 118 valence electrons. The van der Waals surface area contributed by atoms with Gasteiger partial charge in [-0.1, -0.05) is 5.43 Å². The Kier molecular flexibility index (Phi) is 3.48. The van der Waals surface area contributed by atoms with Crippen LogP contribution < -0.4 is 11.0 Å². The second-order valence-corrected chi connectivity index (χ2v) is 4.72. The van der Waals surface area contributed by atoms with Crippen LogP contribution >= 0.6 is 0 Å². The van der Waals surface area contributed by atoms with Gasteiger partial charge in [-0.05, 0) is 0 Å². The van der Waals surface area contributed by atoms with E-state index in [0.29, 0.717) is 0 Å². The number of nitrogens with one attached hydrogen (secondary N) is 2. The van der Waals surface area contributed by atoms with Gasteiger partial charge in [0, 0.05) is 6.42 Å². The molecule has 3 atom stereocenters. The Bertz CT molecular complexity index is 771. The van der Waals surface area contributed by atoms with Crippen LogP contribution in [0.3, 0.4) is 0 Å². The summed E-state index contributed by atoms with van der Waals surface area (Å²) in [6.07, 6.45) is -0.843. The van der Waals surface area contributed by atoms with Gasteiger partial charge in [-0.2, -0.15) is 4.98 Å². The SMILES string of the molecule is O=c1[nH]c(N[N+](=O)[O-])nc2c1ncn2[C@H]1C[C@H](O)[C@@H](CO)O1. The molecule has 1 saturated heterocycles. The molecule has 0 aliphatic carbocycles. The number of aliphatic hydroxyl groups excluding tert-OH is 2. The number of nitrogens with zero attached hydrogens (tertiary/aromatic N) is 4. The van der Waals surface area contributed by atoms with Gasteiger partial charge in [-0.15, -0.1) is 0 Å². The summed E-state index contributed by atoms with van der Waals surface area (Å²) in [7, 11) is 0. The van der Waals surface area contributed by atoms with Gasteiger partial charge in [-0.3, -0.25) is 14.3 Å². The van der Waals surface area contributed by atoms with E-state index in [4.69, 9.17) is 9.84 Å². The number of hydrazine groups is 1. The first-order valence-electron chi connectivity index (χ1n) is 6.32. The molecular formula is C10H12N6O6. The van der Waals surface area contributed by atoms with Crippen LogP contribution in [-0.2, 0) is 4.74 Å². The van der Waals surface area contributed by atoms with Crippen molar-refractivity contribution in [2.75, 3.05) is 12.0 Å². The van der Waals surface area contributed by atoms with Crippen molar-refractivity contribution < 1.29 is 20.0 Å². The van der Waals surface area contributed by atoms with Gasteiger partial charge < -0.3 is 14.9 Å². The molecule has 1 aliphatic rings. The molecule has 22 heavy (non-hydrogen) atoms. The molecule has 4 N–H and O–H groups in total. The van der Waals surface area contributed by atoms with Gasteiger partial charge in [0.2, 0.25) is 0 Å². The van der Waals surface area contributed by atoms with Crippen molar-refractivity contribution in [2.24, 2.45) is 0 Å². The standard InChI is InChI=1S/C10H12N6O6/c17-2-5-4(18)1-6(22-5)15-3-11-7-8(15)12-10(13-9(7)19)14-16(20)21/h3-6,17-18H,1-2H2,(H2,12,13,14,19)/t4-,5+,6+/m0/s1. The van der Waals surface area contributed by atoms with Crippen molar-refractivity contribution in [1.82, 2.24) is 19.5 Å². The van der Waals surface area contributed by atoms with E-state index < -0.39 is 29.0 Å². The zero-order valence-corrected chi connectivity index (χ0v) is 11.0. The molecule has 3 heterocycles. The van der Waals surface area contributed by atoms with E-state index in [-0.39, 0.29) is 30.1 Å². The highest BCUT2D eigenvalue weighted by molar-refractivity contribution is 5.70. The quantitative estimate of drug-likeness (QED) is 0.382. The molecular weight excluding hydrogens is 300 g/mol. The summed E-state index contributed by atoms with van der Waals surface area (Å²) in [5, 5.41) is 28.4. The van der Waals surface area contributed by atoms with Crippen molar-refractivity contribution >= 4 is 17.1 Å². The summed E-state index contributed by atoms with van der Waals surface area (Å²) < 4.78 is 6.84. The summed E-state index contributed by atoms with van der Waals surface area (Å²) >= 11 is 0. The van der Waals surface area contributed by atoms with Gasteiger partial charge in [0.1, 0.15) is 12.3 Å². The van der Waals surface area contributed by atoms with Crippen LogP contribution in [-0.4, -0.2) is 53.6 Å². The van der Waals surface area contributed by atoms with Gasteiger partial charge in [0.05, 0.1) is 19.0 Å². The molecule has 0 unspecified atom stereocenters. The topological polar surface area (TPSA) is 168 Å². The molecule has 0 spiro atoms. The molecule has 0 radical (unpaired) electrons. The van der Waals surface area contributed by atoms with E-state index in [1.807, 2.05) is 0 Å². The van der Waals surface area contributed by atoms with Crippen LogP contribution in [0.4, 0.5) is 5.95 Å². The highest BCUT2D eigenvalue weighted by atomic mass is 16.7. The molecule has 0 amide bonds. The number of nitro groups is 1. The molecule has 12 nitrogen and oxygen atoms in total. The highest BCUT2D eigenvalue weighted by Crippen LogP contribution is 2.30. The molecule has 0 aromatic carbocycles. The smallest absolute Gasteiger partial charge is 0.280 e. The molecule has 0 bridgehead atoms. The number of hydrogen-bond acceptors (Lipinski definition) is 8. The van der Waals surface area contributed by atoms with Crippen molar-refractivity contribution in [3.8, 4) is 0 Å². The van der Waals surface area contributed by atoms with Crippen molar-refractivity contribution in [1.29, 1.82) is 0 Å². The van der Waals surface area contributed by atoms with E-state index in [9.17, 15) is 20.0 Å². The number of fused-ring (bicyclic) bond motifs is 1. The first-order chi connectivity index (χ1) is 10.5. The fraction of sp³-hybridized carbons (Fsp3) is 0.500. The highest BCUT2D eigenvalue weighted by Gasteiger charge is 2.35. The van der Waals surface area contributed by atoms with Crippen LogP contribution in [0.2, 0.25) is 0 Å². The second-order valence-electron chi connectivity index (χ2n) is 4.72. The number of H-pyrrole nitrogens is 1. The normalized spacial score (nSPS) is 24.7. The minimum atomic E-state index is -0.870. The average Bonchev–Trinajstić information content (AvgIpc) is 3.01. The lowest BCUT2D eigenvalue weighted by molar-refractivity contribution is -0.446. The van der Waals surface area contributed by atoms with Crippen LogP contribution in [0.5, 0.6) is 0 Å². The summed E-state index contributed by atoms with van der Waals surface area (Å²) in [4.78, 5) is 32.3. The van der Waals surface area contributed by atoms with Crippen LogP contribution in [0, 0.1) is 10.1 Å². The summed E-state index contributed by atoms with van der Waals surface area (Å²) in [5.41, 5.74) is 1.17. The summed E-state index contributed by atoms with van der Waals surface area (Å²) in [6.45, 7) is -0.355. The van der Waals surface area contributed by atoms with Gasteiger partial charge in [0.15, 0.2) is 16.2 Å². The lowest BCUT2D eigenvalue weighted by atomic mass is 10.2. The fourth-order valence-corrected chi connectivity index (χ4v) is 2.33. The molecule has 1 fully saturated rings. The maximum absolute atomic E-state index is 11.8. The maximum Gasteiger partial charge on any atom is 0.280 e. The third kappa shape index (κ3) is 2.38. The van der Waals surface area contributed by atoms with Crippen molar-refractivity contribution in [3.05, 3.63) is 26.8 Å². The first-order valence-corrected chi connectivity index (χ1v) is 6.32. The minimum Gasteiger partial charge on any atom is -0.394 e. The minimum absolute atomic E-state index is 0.0144. The number of anilines is 1. The Labute approximate surface area is 121 Å². The van der Waals surface area contributed by atoms with Gasteiger partial charge >= 0.3 is 0 Å². The Hall–Kier alpha value is -2.57. The largest absolute Gasteiger partial charge is 0.394 e. The molecule has 2 aromatic rings. The van der Waals surface area contributed by atoms with E-state index >= 15 is 0 Å². The zero-order chi connectivity index (χ0) is 15.9. The number of hydrogen-bond donors (Lipinski definition) is 4. The average molecular weight is 312 g/mol.